The summed E-state index contributed by atoms with van der Waals surface area (Å²) in [4.78, 5) is 14.3. The molecule has 0 saturated carbocycles. The number of fused-ring (bicyclic) bond motifs is 1. The summed E-state index contributed by atoms with van der Waals surface area (Å²) < 4.78 is 7.35. The number of aromatic nitrogens is 3. The van der Waals surface area contributed by atoms with Crippen molar-refractivity contribution < 1.29 is 9.53 Å². The highest BCUT2D eigenvalue weighted by Crippen LogP contribution is 2.25. The lowest BCUT2D eigenvalue weighted by molar-refractivity contribution is 0.00748. The van der Waals surface area contributed by atoms with E-state index in [0.29, 0.717) is 18.1 Å². The van der Waals surface area contributed by atoms with E-state index in [1.165, 1.54) is 0 Å². The monoisotopic (exact) mass is 350 g/mol. The fourth-order valence-corrected chi connectivity index (χ4v) is 3.33. The fraction of sp³-hybridized carbons (Fsp3) is 0.588. The van der Waals surface area contributed by atoms with Crippen LogP contribution in [0.1, 0.15) is 40.0 Å². The van der Waals surface area contributed by atoms with Crippen LogP contribution in [0.3, 0.4) is 0 Å². The zero-order valence-electron chi connectivity index (χ0n) is 14.3. The molecular weight excluding hydrogens is 328 g/mol. The van der Waals surface area contributed by atoms with Crippen molar-refractivity contribution in [1.82, 2.24) is 19.9 Å². The summed E-state index contributed by atoms with van der Waals surface area (Å²) in [5.74, 6) is 0. The van der Waals surface area contributed by atoms with Gasteiger partial charge in [0.1, 0.15) is 16.6 Å². The molecule has 6 nitrogen and oxygen atoms in total. The van der Waals surface area contributed by atoms with Gasteiger partial charge in [-0.15, -0.1) is 5.10 Å². The van der Waals surface area contributed by atoms with Crippen LogP contribution in [-0.4, -0.2) is 44.2 Å². The SMILES string of the molecule is CC(C)(C)OC(=O)N1CCCCC1Cn1nnc2cccc(Cl)c21. The number of piperidine rings is 1. The predicted octanol–water partition coefficient (Wildman–Crippen LogP) is 3.87. The first-order chi connectivity index (χ1) is 11.3. The van der Waals surface area contributed by atoms with Crippen LogP contribution in [0.25, 0.3) is 11.0 Å². The molecule has 1 atom stereocenters. The van der Waals surface area contributed by atoms with E-state index in [9.17, 15) is 4.79 Å². The first kappa shape index (κ1) is 17.0. The van der Waals surface area contributed by atoms with E-state index in [1.54, 1.807) is 4.68 Å². The van der Waals surface area contributed by atoms with Gasteiger partial charge in [0.05, 0.1) is 17.6 Å². The lowest BCUT2D eigenvalue weighted by atomic mass is 10.0. The highest BCUT2D eigenvalue weighted by atomic mass is 35.5. The van der Waals surface area contributed by atoms with Gasteiger partial charge in [0.2, 0.25) is 0 Å². The van der Waals surface area contributed by atoms with E-state index >= 15 is 0 Å². The number of carbonyl (C=O) groups excluding carboxylic acids is 1. The van der Waals surface area contributed by atoms with Crippen molar-refractivity contribution >= 4 is 28.7 Å². The first-order valence-electron chi connectivity index (χ1n) is 8.32. The third-order valence-corrected chi connectivity index (χ3v) is 4.43. The van der Waals surface area contributed by atoms with Crippen molar-refractivity contribution in [2.45, 2.75) is 58.2 Å². The summed E-state index contributed by atoms with van der Waals surface area (Å²) >= 11 is 6.30. The molecule has 0 spiro atoms. The topological polar surface area (TPSA) is 60.2 Å². The Bertz CT molecular complexity index is 738. The number of nitrogens with zero attached hydrogens (tertiary/aromatic N) is 4. The molecule has 1 amide bonds. The fourth-order valence-electron chi connectivity index (χ4n) is 3.07. The van der Waals surface area contributed by atoms with Crippen LogP contribution in [-0.2, 0) is 11.3 Å². The minimum Gasteiger partial charge on any atom is -0.444 e. The highest BCUT2D eigenvalue weighted by Gasteiger charge is 2.31. The molecule has 3 rings (SSSR count). The molecule has 1 aromatic heterocycles. The van der Waals surface area contributed by atoms with Crippen LogP contribution in [0.4, 0.5) is 4.79 Å². The Morgan fingerprint density at radius 2 is 2.17 bits per heavy atom. The number of ether oxygens (including phenoxy) is 1. The third-order valence-electron chi connectivity index (χ3n) is 4.12. The van der Waals surface area contributed by atoms with Gasteiger partial charge in [0, 0.05) is 6.54 Å². The quantitative estimate of drug-likeness (QED) is 0.824. The van der Waals surface area contributed by atoms with Gasteiger partial charge in [-0.2, -0.15) is 0 Å². The van der Waals surface area contributed by atoms with Crippen molar-refractivity contribution in [2.24, 2.45) is 0 Å². The molecule has 0 bridgehead atoms. The van der Waals surface area contributed by atoms with Gasteiger partial charge in [-0.3, -0.25) is 0 Å². The number of rotatable bonds is 2. The average Bonchev–Trinajstić information content (AvgIpc) is 2.90. The molecule has 7 heteroatoms. The Morgan fingerprint density at radius 1 is 1.38 bits per heavy atom. The number of likely N-dealkylation sites (tertiary alicyclic amines) is 1. The molecule has 1 saturated heterocycles. The van der Waals surface area contributed by atoms with Crippen molar-refractivity contribution in [3.63, 3.8) is 0 Å². The van der Waals surface area contributed by atoms with Gasteiger partial charge in [-0.25, -0.2) is 9.48 Å². The lowest BCUT2D eigenvalue weighted by Gasteiger charge is -2.36. The Morgan fingerprint density at radius 3 is 2.92 bits per heavy atom. The Kier molecular flexibility index (Phi) is 4.67. The second-order valence-corrected chi connectivity index (χ2v) is 7.61. The summed E-state index contributed by atoms with van der Waals surface area (Å²) in [6.07, 6.45) is 2.74. The van der Waals surface area contributed by atoms with E-state index < -0.39 is 5.60 Å². The lowest BCUT2D eigenvalue weighted by Crippen LogP contribution is -2.48. The van der Waals surface area contributed by atoms with Gasteiger partial charge in [-0.1, -0.05) is 22.9 Å². The van der Waals surface area contributed by atoms with Crippen molar-refractivity contribution in [3.05, 3.63) is 23.2 Å². The normalized spacial score (nSPS) is 18.8. The van der Waals surface area contributed by atoms with E-state index in [4.69, 9.17) is 16.3 Å². The van der Waals surface area contributed by atoms with Gasteiger partial charge in [0.25, 0.3) is 0 Å². The van der Waals surface area contributed by atoms with E-state index in [1.807, 2.05) is 43.9 Å². The van der Waals surface area contributed by atoms with Crippen LogP contribution >= 0.6 is 11.6 Å². The second-order valence-electron chi connectivity index (χ2n) is 7.20. The maximum atomic E-state index is 12.5. The number of para-hydroxylation sites is 1. The Hall–Kier alpha value is -1.82. The summed E-state index contributed by atoms with van der Waals surface area (Å²) in [6, 6.07) is 5.61. The molecule has 1 aromatic carbocycles. The average molecular weight is 351 g/mol. The molecule has 0 aliphatic carbocycles. The molecule has 2 aromatic rings. The summed E-state index contributed by atoms with van der Waals surface area (Å²) in [6.45, 7) is 6.93. The van der Waals surface area contributed by atoms with Crippen LogP contribution in [0.5, 0.6) is 0 Å². The molecule has 24 heavy (non-hydrogen) atoms. The van der Waals surface area contributed by atoms with Crippen LogP contribution in [0.15, 0.2) is 18.2 Å². The standard InChI is InChI=1S/C17H23ClN4O2/c1-17(2,3)24-16(23)21-10-5-4-7-12(21)11-22-15-13(18)8-6-9-14(15)19-20-22/h6,8-9,12H,4-5,7,10-11H2,1-3H3. The molecule has 130 valence electrons. The van der Waals surface area contributed by atoms with Gasteiger partial charge >= 0.3 is 6.09 Å². The smallest absolute Gasteiger partial charge is 0.410 e. The molecule has 2 heterocycles. The minimum absolute atomic E-state index is 0.0368. The first-order valence-corrected chi connectivity index (χ1v) is 8.70. The number of hydrogen-bond donors (Lipinski definition) is 0. The predicted molar refractivity (Wildman–Crippen MR) is 93.1 cm³/mol. The summed E-state index contributed by atoms with van der Waals surface area (Å²) in [5.41, 5.74) is 1.08. The number of carbonyl (C=O) groups is 1. The summed E-state index contributed by atoms with van der Waals surface area (Å²) in [7, 11) is 0. The Balaban J connectivity index is 1.82. The van der Waals surface area contributed by atoms with E-state index in [0.717, 1.165) is 30.3 Å². The summed E-state index contributed by atoms with van der Waals surface area (Å²) in [5, 5.41) is 9.01. The number of amides is 1. The molecule has 0 N–H and O–H groups in total. The molecule has 1 aliphatic rings. The highest BCUT2D eigenvalue weighted by molar-refractivity contribution is 6.34. The molecule has 1 unspecified atom stereocenters. The van der Waals surface area contributed by atoms with Crippen LogP contribution in [0, 0.1) is 0 Å². The van der Waals surface area contributed by atoms with Crippen molar-refractivity contribution in [3.8, 4) is 0 Å². The van der Waals surface area contributed by atoms with Crippen molar-refractivity contribution in [2.75, 3.05) is 6.54 Å². The maximum absolute atomic E-state index is 12.5. The van der Waals surface area contributed by atoms with Crippen LogP contribution in [0.2, 0.25) is 5.02 Å². The Labute approximate surface area is 146 Å². The number of benzene rings is 1. The molecule has 1 fully saturated rings. The molecule has 0 radical (unpaired) electrons. The van der Waals surface area contributed by atoms with Gasteiger partial charge in [0.15, 0.2) is 0 Å². The van der Waals surface area contributed by atoms with Crippen molar-refractivity contribution in [1.29, 1.82) is 0 Å². The number of hydrogen-bond acceptors (Lipinski definition) is 4. The van der Waals surface area contributed by atoms with E-state index in [2.05, 4.69) is 10.3 Å². The molecular formula is C17H23ClN4O2. The van der Waals surface area contributed by atoms with Gasteiger partial charge < -0.3 is 9.64 Å². The van der Waals surface area contributed by atoms with Crippen LogP contribution < -0.4 is 0 Å². The zero-order chi connectivity index (χ0) is 17.3. The number of halogens is 1. The molecule has 1 aliphatic heterocycles. The van der Waals surface area contributed by atoms with E-state index in [-0.39, 0.29) is 12.1 Å². The largest absolute Gasteiger partial charge is 0.444 e. The maximum Gasteiger partial charge on any atom is 0.410 e. The zero-order valence-corrected chi connectivity index (χ0v) is 15.1. The minimum atomic E-state index is -0.498. The second kappa shape index (κ2) is 6.59. The van der Waals surface area contributed by atoms with Gasteiger partial charge in [-0.05, 0) is 52.2 Å². The third kappa shape index (κ3) is 3.64.